The number of anilines is 3. The summed E-state index contributed by atoms with van der Waals surface area (Å²) in [6.45, 7) is 0.602. The maximum absolute atomic E-state index is 12.3. The van der Waals surface area contributed by atoms with Gasteiger partial charge >= 0.3 is 5.69 Å². The molecule has 0 aliphatic carbocycles. The van der Waals surface area contributed by atoms with E-state index in [9.17, 15) is 14.9 Å². The summed E-state index contributed by atoms with van der Waals surface area (Å²) in [6, 6.07) is 16.3. The van der Waals surface area contributed by atoms with E-state index in [2.05, 4.69) is 20.8 Å². The lowest BCUT2D eigenvalue weighted by Gasteiger charge is -2.30. The minimum absolute atomic E-state index is 0.0765. The van der Waals surface area contributed by atoms with Crippen LogP contribution < -0.4 is 15.8 Å². The van der Waals surface area contributed by atoms with Gasteiger partial charge in [-0.2, -0.15) is 0 Å². The number of nitrogens with zero attached hydrogens (tertiary/aromatic N) is 4. The first-order valence-electron chi connectivity index (χ1n) is 9.11. The summed E-state index contributed by atoms with van der Waals surface area (Å²) in [6.07, 6.45) is 3.01. The fourth-order valence-electron chi connectivity index (χ4n) is 3.36. The first-order chi connectivity index (χ1) is 14.1. The maximum atomic E-state index is 12.3. The molecule has 0 spiro atoms. The van der Waals surface area contributed by atoms with Gasteiger partial charge in [0.05, 0.1) is 4.92 Å². The molecule has 0 radical (unpaired) electrons. The SMILES string of the molecule is O=C(NNc1ncnc(N2CCCc3ccccc32)c1[N+](=O)[O-])c1ccccc1. The number of aryl methyl sites for hydroxylation is 1. The maximum Gasteiger partial charge on any atom is 0.355 e. The van der Waals surface area contributed by atoms with Crippen LogP contribution in [0.4, 0.5) is 23.0 Å². The van der Waals surface area contributed by atoms with Gasteiger partial charge in [0, 0.05) is 17.8 Å². The number of carbonyl (C=O) groups is 1. The van der Waals surface area contributed by atoms with E-state index in [0.29, 0.717) is 12.1 Å². The monoisotopic (exact) mass is 390 g/mol. The summed E-state index contributed by atoms with van der Waals surface area (Å²) in [7, 11) is 0. The summed E-state index contributed by atoms with van der Waals surface area (Å²) < 4.78 is 0. The van der Waals surface area contributed by atoms with Crippen LogP contribution in [0.5, 0.6) is 0 Å². The quantitative estimate of drug-likeness (QED) is 0.508. The van der Waals surface area contributed by atoms with Gasteiger partial charge in [-0.25, -0.2) is 9.97 Å². The van der Waals surface area contributed by atoms with Crippen molar-refractivity contribution in [1.82, 2.24) is 15.4 Å². The lowest BCUT2D eigenvalue weighted by Crippen LogP contribution is -2.31. The Morgan fingerprint density at radius 2 is 1.83 bits per heavy atom. The smallest absolute Gasteiger partial charge is 0.320 e. The molecule has 1 aromatic heterocycles. The third-order valence-electron chi connectivity index (χ3n) is 4.68. The highest BCUT2D eigenvalue weighted by Crippen LogP contribution is 2.39. The zero-order valence-corrected chi connectivity index (χ0v) is 15.4. The molecule has 0 saturated carbocycles. The summed E-state index contributed by atoms with van der Waals surface area (Å²) >= 11 is 0. The number of hydrogen-bond acceptors (Lipinski definition) is 7. The van der Waals surface area contributed by atoms with Gasteiger partial charge in [-0.3, -0.25) is 25.8 Å². The molecular weight excluding hydrogens is 372 g/mol. The second kappa shape index (κ2) is 7.93. The topological polar surface area (TPSA) is 113 Å². The normalized spacial score (nSPS) is 12.8. The van der Waals surface area contributed by atoms with E-state index in [1.807, 2.05) is 29.2 Å². The highest BCUT2D eigenvalue weighted by atomic mass is 16.6. The first kappa shape index (κ1) is 18.4. The highest BCUT2D eigenvalue weighted by Gasteiger charge is 2.30. The second-order valence-electron chi connectivity index (χ2n) is 6.48. The summed E-state index contributed by atoms with van der Waals surface area (Å²) in [5.74, 6) is -0.315. The predicted octanol–water partition coefficient (Wildman–Crippen LogP) is 3.23. The number of hydrogen-bond donors (Lipinski definition) is 2. The Morgan fingerprint density at radius 3 is 2.62 bits per heavy atom. The molecule has 2 aromatic carbocycles. The molecule has 2 N–H and O–H groups in total. The van der Waals surface area contributed by atoms with Crippen molar-refractivity contribution < 1.29 is 9.72 Å². The number of fused-ring (bicyclic) bond motifs is 1. The van der Waals surface area contributed by atoms with Crippen molar-refractivity contribution in [1.29, 1.82) is 0 Å². The molecule has 0 unspecified atom stereocenters. The number of nitrogens with one attached hydrogen (secondary N) is 2. The van der Waals surface area contributed by atoms with Gasteiger partial charge in [-0.05, 0) is 36.6 Å². The van der Waals surface area contributed by atoms with Crippen LogP contribution in [0.1, 0.15) is 22.3 Å². The van der Waals surface area contributed by atoms with Crippen LogP contribution in [0.2, 0.25) is 0 Å². The predicted molar refractivity (Wildman–Crippen MR) is 108 cm³/mol. The molecule has 29 heavy (non-hydrogen) atoms. The van der Waals surface area contributed by atoms with E-state index < -0.39 is 10.8 Å². The minimum atomic E-state index is -0.538. The van der Waals surface area contributed by atoms with E-state index in [0.717, 1.165) is 24.1 Å². The standard InChI is InChI=1S/C20H18N6O3/c27-20(15-8-2-1-3-9-15)24-23-18-17(26(28)29)19(22-13-21-18)25-12-6-10-14-7-4-5-11-16(14)25/h1-5,7-9,11,13H,6,10,12H2,(H,24,27)(H,21,22,23). The lowest BCUT2D eigenvalue weighted by atomic mass is 10.0. The number of hydrazine groups is 1. The number of nitro groups is 1. The third-order valence-corrected chi connectivity index (χ3v) is 4.68. The van der Waals surface area contributed by atoms with Crippen LogP contribution in [-0.4, -0.2) is 27.3 Å². The van der Waals surface area contributed by atoms with Gasteiger partial charge in [-0.1, -0.05) is 36.4 Å². The van der Waals surface area contributed by atoms with Gasteiger partial charge in [-0.15, -0.1) is 0 Å². The number of carbonyl (C=O) groups excluding carboxylic acids is 1. The number of aromatic nitrogens is 2. The van der Waals surface area contributed by atoms with Crippen molar-refractivity contribution in [3.05, 3.63) is 82.2 Å². The highest BCUT2D eigenvalue weighted by molar-refractivity contribution is 5.95. The van der Waals surface area contributed by atoms with E-state index >= 15 is 0 Å². The summed E-state index contributed by atoms with van der Waals surface area (Å²) in [5.41, 5.74) is 7.16. The molecule has 1 aliphatic heterocycles. The third kappa shape index (κ3) is 3.70. The van der Waals surface area contributed by atoms with Crippen molar-refractivity contribution in [2.24, 2.45) is 0 Å². The molecule has 9 nitrogen and oxygen atoms in total. The van der Waals surface area contributed by atoms with Gasteiger partial charge < -0.3 is 4.90 Å². The average molecular weight is 390 g/mol. The molecule has 146 valence electrons. The zero-order valence-electron chi connectivity index (χ0n) is 15.4. The molecule has 0 fully saturated rings. The first-order valence-corrected chi connectivity index (χ1v) is 9.11. The number of amides is 1. The van der Waals surface area contributed by atoms with Crippen molar-refractivity contribution in [3.8, 4) is 0 Å². The van der Waals surface area contributed by atoms with Crippen LogP contribution in [0, 0.1) is 10.1 Å². The number of rotatable bonds is 5. The van der Waals surface area contributed by atoms with Crippen molar-refractivity contribution in [2.45, 2.75) is 12.8 Å². The molecule has 0 bridgehead atoms. The zero-order chi connectivity index (χ0) is 20.2. The molecule has 3 aromatic rings. The van der Waals surface area contributed by atoms with Crippen LogP contribution in [0.15, 0.2) is 60.9 Å². The van der Waals surface area contributed by atoms with Crippen molar-refractivity contribution in [3.63, 3.8) is 0 Å². The largest absolute Gasteiger partial charge is 0.355 e. The molecule has 1 aliphatic rings. The van der Waals surface area contributed by atoms with Crippen molar-refractivity contribution in [2.75, 3.05) is 16.9 Å². The van der Waals surface area contributed by atoms with Gasteiger partial charge in [0.2, 0.25) is 11.6 Å². The number of para-hydroxylation sites is 1. The van der Waals surface area contributed by atoms with E-state index in [4.69, 9.17) is 0 Å². The van der Waals surface area contributed by atoms with Crippen molar-refractivity contribution >= 4 is 28.9 Å². The van der Waals surface area contributed by atoms with E-state index in [1.54, 1.807) is 30.3 Å². The van der Waals surface area contributed by atoms with Gasteiger partial charge in [0.15, 0.2) is 0 Å². The molecule has 1 amide bonds. The van der Waals surface area contributed by atoms with Crippen LogP contribution in [0.25, 0.3) is 0 Å². The fourth-order valence-corrected chi connectivity index (χ4v) is 3.36. The van der Waals surface area contributed by atoms with Gasteiger partial charge in [0.25, 0.3) is 5.91 Å². The van der Waals surface area contributed by atoms with Crippen LogP contribution in [-0.2, 0) is 6.42 Å². The molecule has 0 atom stereocenters. The van der Waals surface area contributed by atoms with Crippen LogP contribution >= 0.6 is 0 Å². The summed E-state index contributed by atoms with van der Waals surface area (Å²) in [5, 5.41) is 11.9. The minimum Gasteiger partial charge on any atom is -0.320 e. The molecular formula is C20H18N6O3. The molecule has 0 saturated heterocycles. The Morgan fingerprint density at radius 1 is 1.07 bits per heavy atom. The van der Waals surface area contributed by atoms with E-state index in [1.165, 1.54) is 6.33 Å². The van der Waals surface area contributed by atoms with Crippen LogP contribution in [0.3, 0.4) is 0 Å². The van der Waals surface area contributed by atoms with Gasteiger partial charge in [0.1, 0.15) is 6.33 Å². The van der Waals surface area contributed by atoms with E-state index in [-0.39, 0.29) is 17.3 Å². The second-order valence-corrected chi connectivity index (χ2v) is 6.48. The molecule has 4 rings (SSSR count). The summed E-state index contributed by atoms with van der Waals surface area (Å²) in [4.78, 5) is 33.6. The Bertz CT molecular complexity index is 1060. The lowest BCUT2D eigenvalue weighted by molar-refractivity contribution is -0.383. The number of benzene rings is 2. The Labute approximate surface area is 166 Å². The Balaban J connectivity index is 1.66. The molecule has 2 heterocycles. The Kier molecular flexibility index (Phi) is 5.02. The average Bonchev–Trinajstić information content (AvgIpc) is 2.77. The Hall–Kier alpha value is -4.01. The molecule has 9 heteroatoms. The fraction of sp³-hybridized carbons (Fsp3) is 0.150.